The van der Waals surface area contributed by atoms with Crippen molar-refractivity contribution in [3.05, 3.63) is 65.4 Å². The highest BCUT2D eigenvalue weighted by Gasteiger charge is 2.18. The van der Waals surface area contributed by atoms with E-state index in [0.717, 1.165) is 17.0 Å². The number of hydrogen-bond donors (Lipinski definition) is 1. The normalized spacial score (nSPS) is 11.9. The molecule has 5 nitrogen and oxygen atoms in total. The van der Waals surface area contributed by atoms with Gasteiger partial charge in [-0.2, -0.15) is 0 Å². The van der Waals surface area contributed by atoms with Gasteiger partial charge in [0.15, 0.2) is 5.13 Å². The minimum absolute atomic E-state index is 0.0566. The summed E-state index contributed by atoms with van der Waals surface area (Å²) in [7, 11) is 1.64. The van der Waals surface area contributed by atoms with E-state index < -0.39 is 0 Å². The van der Waals surface area contributed by atoms with Crippen molar-refractivity contribution in [2.75, 3.05) is 12.4 Å². The van der Waals surface area contributed by atoms with Crippen molar-refractivity contribution in [3.8, 4) is 5.75 Å². The maximum absolute atomic E-state index is 12.4. The van der Waals surface area contributed by atoms with Crippen LogP contribution in [0.15, 0.2) is 54.2 Å². The fraction of sp³-hybridized carbons (Fsp3) is 0.222. The van der Waals surface area contributed by atoms with Crippen LogP contribution in [0.3, 0.4) is 0 Å². The number of methoxy groups -OCH3 is 1. The third kappa shape index (κ3) is 3.83. The van der Waals surface area contributed by atoms with Crippen LogP contribution < -0.4 is 10.1 Å². The van der Waals surface area contributed by atoms with E-state index in [9.17, 15) is 4.79 Å². The third-order valence-electron chi connectivity index (χ3n) is 3.73. The van der Waals surface area contributed by atoms with Crippen LogP contribution >= 0.6 is 11.3 Å². The number of nitrogens with one attached hydrogen (secondary N) is 1. The number of nitrogens with zero attached hydrogens (tertiary/aromatic N) is 2. The molecule has 3 rings (SSSR count). The van der Waals surface area contributed by atoms with Crippen LogP contribution in [0.2, 0.25) is 0 Å². The maximum Gasteiger partial charge on any atom is 0.228 e. The Morgan fingerprint density at radius 2 is 2.00 bits per heavy atom. The van der Waals surface area contributed by atoms with Crippen molar-refractivity contribution < 1.29 is 9.53 Å². The Kier molecular flexibility index (Phi) is 4.96. The van der Waals surface area contributed by atoms with E-state index in [2.05, 4.69) is 10.3 Å². The summed E-state index contributed by atoms with van der Waals surface area (Å²) in [6, 6.07) is 11.6. The van der Waals surface area contributed by atoms with Gasteiger partial charge in [0, 0.05) is 17.8 Å². The molecule has 6 heteroatoms. The number of thiazole rings is 1. The van der Waals surface area contributed by atoms with Crippen molar-refractivity contribution in [2.24, 2.45) is 0 Å². The first-order valence-electron chi connectivity index (χ1n) is 7.64. The second-order valence-electron chi connectivity index (χ2n) is 5.47. The maximum atomic E-state index is 12.4. The number of anilines is 1. The summed E-state index contributed by atoms with van der Waals surface area (Å²) in [4.78, 5) is 16.7. The number of ether oxygens (including phenoxy) is 1. The molecule has 0 bridgehead atoms. The molecule has 2 heterocycles. The van der Waals surface area contributed by atoms with Gasteiger partial charge >= 0.3 is 0 Å². The Bertz CT molecular complexity index is 794. The van der Waals surface area contributed by atoms with Crippen LogP contribution in [0.25, 0.3) is 0 Å². The van der Waals surface area contributed by atoms with Gasteiger partial charge in [0.1, 0.15) is 5.75 Å². The second-order valence-corrected chi connectivity index (χ2v) is 6.32. The Hall–Kier alpha value is -2.60. The molecule has 0 spiro atoms. The smallest absolute Gasteiger partial charge is 0.228 e. The average Bonchev–Trinajstić information content (AvgIpc) is 3.25. The van der Waals surface area contributed by atoms with E-state index in [1.807, 2.05) is 65.7 Å². The lowest BCUT2D eigenvalue weighted by Gasteiger charge is -2.19. The molecule has 1 aromatic carbocycles. The fourth-order valence-corrected chi connectivity index (χ4v) is 3.24. The number of benzene rings is 1. The van der Waals surface area contributed by atoms with Crippen molar-refractivity contribution in [1.82, 2.24) is 9.55 Å². The quantitative estimate of drug-likeness (QED) is 0.740. The monoisotopic (exact) mass is 341 g/mol. The number of rotatable bonds is 6. The summed E-state index contributed by atoms with van der Waals surface area (Å²) in [5, 5.41) is 5.43. The highest BCUT2D eigenvalue weighted by atomic mass is 32.1. The van der Waals surface area contributed by atoms with E-state index in [4.69, 9.17) is 4.74 Å². The predicted octanol–water partition coefficient (Wildman–Crippen LogP) is 3.88. The lowest BCUT2D eigenvalue weighted by atomic mass is 10.0. The molecule has 0 saturated heterocycles. The molecule has 0 radical (unpaired) electrons. The molecule has 2 aromatic heterocycles. The van der Waals surface area contributed by atoms with Crippen LogP contribution in [0.5, 0.6) is 5.75 Å². The predicted molar refractivity (Wildman–Crippen MR) is 95.7 cm³/mol. The number of aryl methyl sites for hydroxylation is 1. The van der Waals surface area contributed by atoms with Gasteiger partial charge in [-0.05, 0) is 36.8 Å². The standard InChI is InChI=1S/C18H19N3O2S/c1-13-12-24-18(19-13)20-17(22)11-16(21-9-3-4-10-21)14-5-7-15(23-2)8-6-14/h3-10,12,16H,11H2,1-2H3,(H,19,20,22)/t16-/m1/s1. The van der Waals surface area contributed by atoms with Crippen LogP contribution in [0.4, 0.5) is 5.13 Å². The summed E-state index contributed by atoms with van der Waals surface area (Å²) in [6.45, 7) is 1.91. The zero-order valence-electron chi connectivity index (χ0n) is 13.6. The first kappa shape index (κ1) is 16.3. The summed E-state index contributed by atoms with van der Waals surface area (Å²) in [5.41, 5.74) is 1.96. The van der Waals surface area contributed by atoms with Gasteiger partial charge in [0.25, 0.3) is 0 Å². The molecule has 0 aliphatic carbocycles. The van der Waals surface area contributed by atoms with Gasteiger partial charge in [0.2, 0.25) is 5.91 Å². The largest absolute Gasteiger partial charge is 0.497 e. The molecule has 0 fully saturated rings. The number of carbonyl (C=O) groups is 1. The zero-order chi connectivity index (χ0) is 16.9. The van der Waals surface area contributed by atoms with Crippen LogP contribution in [-0.2, 0) is 4.79 Å². The SMILES string of the molecule is COc1ccc([C@@H](CC(=O)Nc2nc(C)cs2)n2cccc2)cc1. The minimum Gasteiger partial charge on any atom is -0.497 e. The van der Waals surface area contributed by atoms with Crippen LogP contribution in [0.1, 0.15) is 23.7 Å². The highest BCUT2D eigenvalue weighted by Crippen LogP contribution is 2.25. The van der Waals surface area contributed by atoms with E-state index in [1.54, 1.807) is 7.11 Å². The van der Waals surface area contributed by atoms with Gasteiger partial charge in [-0.15, -0.1) is 11.3 Å². The van der Waals surface area contributed by atoms with Crippen LogP contribution in [0, 0.1) is 6.92 Å². The first-order chi connectivity index (χ1) is 11.7. The van der Waals surface area contributed by atoms with Gasteiger partial charge in [-0.25, -0.2) is 4.98 Å². The van der Waals surface area contributed by atoms with Gasteiger partial charge in [0.05, 0.1) is 25.3 Å². The Morgan fingerprint density at radius 1 is 1.29 bits per heavy atom. The summed E-state index contributed by atoms with van der Waals surface area (Å²) in [6.07, 6.45) is 4.27. The topological polar surface area (TPSA) is 56.1 Å². The lowest BCUT2D eigenvalue weighted by molar-refractivity contribution is -0.116. The summed E-state index contributed by atoms with van der Waals surface area (Å²) >= 11 is 1.44. The van der Waals surface area contributed by atoms with Crippen molar-refractivity contribution in [1.29, 1.82) is 0 Å². The Balaban J connectivity index is 1.78. The molecule has 0 aliphatic rings. The molecule has 124 valence electrons. The van der Waals surface area contributed by atoms with Gasteiger partial charge in [-0.3, -0.25) is 4.79 Å². The summed E-state index contributed by atoms with van der Waals surface area (Å²) in [5.74, 6) is 0.742. The number of aromatic nitrogens is 2. The molecule has 0 aliphatic heterocycles. The molecule has 3 aromatic rings. The molecule has 1 amide bonds. The molecule has 0 unspecified atom stereocenters. The Morgan fingerprint density at radius 3 is 2.58 bits per heavy atom. The van der Waals surface area contributed by atoms with E-state index in [-0.39, 0.29) is 11.9 Å². The fourth-order valence-electron chi connectivity index (χ4n) is 2.53. The number of hydrogen-bond acceptors (Lipinski definition) is 4. The molecule has 24 heavy (non-hydrogen) atoms. The van der Waals surface area contributed by atoms with E-state index >= 15 is 0 Å². The third-order valence-corrected chi connectivity index (χ3v) is 4.61. The van der Waals surface area contributed by atoms with Gasteiger partial charge < -0.3 is 14.6 Å². The second kappa shape index (κ2) is 7.31. The minimum atomic E-state index is -0.0769. The van der Waals surface area contributed by atoms with Crippen molar-refractivity contribution in [3.63, 3.8) is 0 Å². The highest BCUT2D eigenvalue weighted by molar-refractivity contribution is 7.13. The molecular weight excluding hydrogens is 322 g/mol. The van der Waals surface area contributed by atoms with E-state index in [0.29, 0.717) is 11.6 Å². The molecule has 1 atom stereocenters. The Labute approximate surface area is 144 Å². The zero-order valence-corrected chi connectivity index (χ0v) is 14.4. The molecular formula is C18H19N3O2S. The number of amides is 1. The molecule has 0 saturated carbocycles. The summed E-state index contributed by atoms with van der Waals surface area (Å²) < 4.78 is 7.25. The van der Waals surface area contributed by atoms with Crippen molar-refractivity contribution >= 4 is 22.4 Å². The lowest BCUT2D eigenvalue weighted by Crippen LogP contribution is -2.19. The van der Waals surface area contributed by atoms with Gasteiger partial charge in [-0.1, -0.05) is 12.1 Å². The van der Waals surface area contributed by atoms with E-state index in [1.165, 1.54) is 11.3 Å². The first-order valence-corrected chi connectivity index (χ1v) is 8.52. The van der Waals surface area contributed by atoms with Crippen molar-refractivity contribution in [2.45, 2.75) is 19.4 Å². The molecule has 1 N–H and O–H groups in total. The van der Waals surface area contributed by atoms with Crippen LogP contribution in [-0.4, -0.2) is 22.6 Å². The average molecular weight is 341 g/mol. The number of carbonyl (C=O) groups excluding carboxylic acids is 1.